The number of rotatable bonds is 4. The second-order valence-corrected chi connectivity index (χ2v) is 5.15. The van der Waals surface area contributed by atoms with Crippen LogP contribution in [0.4, 0.5) is 16.2 Å². The average molecular weight is 275 g/mol. The number of thiophene rings is 1. The number of nitrogens with two attached hydrogens (primary N) is 1. The van der Waals surface area contributed by atoms with Crippen molar-refractivity contribution in [2.45, 2.75) is 19.9 Å². The van der Waals surface area contributed by atoms with Crippen LogP contribution in [0.3, 0.4) is 0 Å². The Balaban J connectivity index is 1.86. The first kappa shape index (κ1) is 13.4. The van der Waals surface area contributed by atoms with E-state index in [0.29, 0.717) is 12.2 Å². The van der Waals surface area contributed by atoms with Crippen LogP contribution in [0.25, 0.3) is 0 Å². The Morgan fingerprint density at radius 2 is 2.00 bits per heavy atom. The highest BCUT2D eigenvalue weighted by atomic mass is 32.1. The molecule has 1 aromatic heterocycles. The minimum absolute atomic E-state index is 0.208. The van der Waals surface area contributed by atoms with Crippen LogP contribution in [0.1, 0.15) is 17.4 Å². The van der Waals surface area contributed by atoms with Gasteiger partial charge in [-0.05, 0) is 47.7 Å². The van der Waals surface area contributed by atoms with E-state index in [1.54, 1.807) is 35.6 Å². The van der Waals surface area contributed by atoms with E-state index >= 15 is 0 Å². The molecule has 2 aromatic rings. The van der Waals surface area contributed by atoms with Crippen LogP contribution in [-0.4, -0.2) is 6.03 Å². The van der Waals surface area contributed by atoms with Crippen LogP contribution >= 0.6 is 11.3 Å². The summed E-state index contributed by atoms with van der Waals surface area (Å²) in [5.41, 5.74) is 8.28. The number of benzene rings is 1. The van der Waals surface area contributed by atoms with Gasteiger partial charge in [0.2, 0.25) is 0 Å². The van der Waals surface area contributed by atoms with Gasteiger partial charge >= 0.3 is 6.03 Å². The van der Waals surface area contributed by atoms with Gasteiger partial charge in [-0.3, -0.25) is 0 Å². The lowest BCUT2D eigenvalue weighted by Crippen LogP contribution is -2.28. The molecular weight excluding hydrogens is 258 g/mol. The molecule has 5 heteroatoms. The van der Waals surface area contributed by atoms with Crippen LogP contribution in [-0.2, 0) is 13.0 Å². The Morgan fingerprint density at radius 3 is 2.68 bits per heavy atom. The molecule has 0 aliphatic carbocycles. The van der Waals surface area contributed by atoms with Crippen LogP contribution in [0.15, 0.2) is 35.7 Å². The molecule has 0 unspecified atom stereocenters. The lowest BCUT2D eigenvalue weighted by molar-refractivity contribution is 0.252. The highest BCUT2D eigenvalue weighted by molar-refractivity contribution is 7.10. The molecule has 100 valence electrons. The molecular formula is C14H17N3OS. The standard InChI is InChI=1S/C14H17N3OS/c1-2-10-7-8-19-13(10)9-16-14(18)17-12-5-3-11(15)4-6-12/h3-8H,2,9,15H2,1H3,(H2,16,17,18). The number of amides is 2. The molecule has 0 saturated carbocycles. The van der Waals surface area contributed by atoms with Crippen molar-refractivity contribution in [3.05, 3.63) is 46.2 Å². The van der Waals surface area contributed by atoms with Gasteiger partial charge in [-0.2, -0.15) is 0 Å². The molecule has 0 spiro atoms. The third-order valence-corrected chi connectivity index (χ3v) is 3.76. The molecule has 0 fully saturated rings. The van der Waals surface area contributed by atoms with Gasteiger partial charge in [0, 0.05) is 16.3 Å². The van der Waals surface area contributed by atoms with Crippen LogP contribution < -0.4 is 16.4 Å². The van der Waals surface area contributed by atoms with Crippen molar-refractivity contribution in [1.82, 2.24) is 5.32 Å². The van der Waals surface area contributed by atoms with E-state index in [0.717, 1.165) is 12.1 Å². The third kappa shape index (κ3) is 3.72. The van der Waals surface area contributed by atoms with E-state index in [1.807, 2.05) is 5.38 Å². The SMILES string of the molecule is CCc1ccsc1CNC(=O)Nc1ccc(N)cc1. The van der Waals surface area contributed by atoms with Crippen LogP contribution in [0, 0.1) is 0 Å². The van der Waals surface area contributed by atoms with Crippen molar-refractivity contribution >= 4 is 28.7 Å². The zero-order valence-electron chi connectivity index (χ0n) is 10.8. The van der Waals surface area contributed by atoms with Gasteiger partial charge in [-0.15, -0.1) is 11.3 Å². The molecule has 4 N–H and O–H groups in total. The zero-order valence-corrected chi connectivity index (χ0v) is 11.6. The fraction of sp³-hybridized carbons (Fsp3) is 0.214. The lowest BCUT2D eigenvalue weighted by atomic mass is 10.2. The smallest absolute Gasteiger partial charge is 0.319 e. The van der Waals surface area contributed by atoms with Crippen molar-refractivity contribution in [3.8, 4) is 0 Å². The molecule has 1 aromatic carbocycles. The number of nitrogens with one attached hydrogen (secondary N) is 2. The first-order valence-electron chi connectivity index (χ1n) is 6.14. The fourth-order valence-corrected chi connectivity index (χ4v) is 2.66. The monoisotopic (exact) mass is 275 g/mol. The number of carbonyl (C=O) groups excluding carboxylic acids is 1. The predicted molar refractivity (Wildman–Crippen MR) is 80.4 cm³/mol. The van der Waals surface area contributed by atoms with Gasteiger partial charge < -0.3 is 16.4 Å². The topological polar surface area (TPSA) is 67.2 Å². The molecule has 4 nitrogen and oxygen atoms in total. The molecule has 0 bridgehead atoms. The molecule has 0 aliphatic rings. The number of aryl methyl sites for hydroxylation is 1. The minimum Gasteiger partial charge on any atom is -0.399 e. The fourth-order valence-electron chi connectivity index (χ4n) is 1.74. The van der Waals surface area contributed by atoms with E-state index in [2.05, 4.69) is 23.6 Å². The third-order valence-electron chi connectivity index (χ3n) is 2.80. The summed E-state index contributed by atoms with van der Waals surface area (Å²) in [5, 5.41) is 7.67. The summed E-state index contributed by atoms with van der Waals surface area (Å²) < 4.78 is 0. The molecule has 19 heavy (non-hydrogen) atoms. The maximum atomic E-state index is 11.7. The van der Waals surface area contributed by atoms with Gasteiger partial charge in [0.25, 0.3) is 0 Å². The van der Waals surface area contributed by atoms with Crippen LogP contribution in [0.2, 0.25) is 0 Å². The summed E-state index contributed by atoms with van der Waals surface area (Å²) in [7, 11) is 0. The average Bonchev–Trinajstić information content (AvgIpc) is 2.86. The summed E-state index contributed by atoms with van der Waals surface area (Å²) >= 11 is 1.67. The number of hydrogen-bond acceptors (Lipinski definition) is 3. The van der Waals surface area contributed by atoms with Gasteiger partial charge in [0.1, 0.15) is 0 Å². The van der Waals surface area contributed by atoms with Gasteiger partial charge in [-0.1, -0.05) is 6.92 Å². The number of carbonyl (C=O) groups is 1. The van der Waals surface area contributed by atoms with Crippen molar-refractivity contribution < 1.29 is 4.79 Å². The second kappa shape index (κ2) is 6.24. The van der Waals surface area contributed by atoms with E-state index in [1.165, 1.54) is 10.4 Å². The highest BCUT2D eigenvalue weighted by Gasteiger charge is 2.05. The first-order valence-corrected chi connectivity index (χ1v) is 7.02. The first-order chi connectivity index (χ1) is 9.19. The molecule has 2 amide bonds. The largest absolute Gasteiger partial charge is 0.399 e. The number of anilines is 2. The summed E-state index contributed by atoms with van der Waals surface area (Å²) in [5.74, 6) is 0. The van der Waals surface area contributed by atoms with Gasteiger partial charge in [0.15, 0.2) is 0 Å². The normalized spacial score (nSPS) is 10.2. The Bertz CT molecular complexity index is 548. The molecule has 2 rings (SSSR count). The summed E-state index contributed by atoms with van der Waals surface area (Å²) in [6.07, 6.45) is 0.986. The quantitative estimate of drug-likeness (QED) is 0.750. The molecule has 0 radical (unpaired) electrons. The van der Waals surface area contributed by atoms with Crippen molar-refractivity contribution in [2.75, 3.05) is 11.1 Å². The summed E-state index contributed by atoms with van der Waals surface area (Å²) in [6.45, 7) is 2.67. The minimum atomic E-state index is -0.208. The molecule has 0 saturated heterocycles. The Labute approximate surface area is 116 Å². The van der Waals surface area contributed by atoms with Crippen LogP contribution in [0.5, 0.6) is 0 Å². The summed E-state index contributed by atoms with van der Waals surface area (Å²) in [4.78, 5) is 12.9. The second-order valence-electron chi connectivity index (χ2n) is 4.15. The van der Waals surface area contributed by atoms with Crippen molar-refractivity contribution in [1.29, 1.82) is 0 Å². The Hall–Kier alpha value is -2.01. The predicted octanol–water partition coefficient (Wildman–Crippen LogP) is 3.21. The van der Waals surface area contributed by atoms with Gasteiger partial charge in [0.05, 0.1) is 6.54 Å². The highest BCUT2D eigenvalue weighted by Crippen LogP contribution is 2.17. The number of hydrogen-bond donors (Lipinski definition) is 3. The molecule has 0 aliphatic heterocycles. The maximum Gasteiger partial charge on any atom is 0.319 e. The molecule has 0 atom stereocenters. The molecule has 1 heterocycles. The lowest BCUT2D eigenvalue weighted by Gasteiger charge is -2.08. The van der Waals surface area contributed by atoms with Crippen molar-refractivity contribution in [3.63, 3.8) is 0 Å². The van der Waals surface area contributed by atoms with E-state index in [9.17, 15) is 4.79 Å². The Kier molecular flexibility index (Phi) is 4.41. The van der Waals surface area contributed by atoms with E-state index in [-0.39, 0.29) is 6.03 Å². The van der Waals surface area contributed by atoms with Gasteiger partial charge in [-0.25, -0.2) is 4.79 Å². The number of urea groups is 1. The van der Waals surface area contributed by atoms with Crippen molar-refractivity contribution in [2.24, 2.45) is 0 Å². The maximum absolute atomic E-state index is 11.7. The summed E-state index contributed by atoms with van der Waals surface area (Å²) in [6, 6.07) is 8.95. The zero-order chi connectivity index (χ0) is 13.7. The Morgan fingerprint density at radius 1 is 1.26 bits per heavy atom. The van der Waals surface area contributed by atoms with E-state index < -0.39 is 0 Å². The number of nitrogen functional groups attached to an aromatic ring is 1. The van der Waals surface area contributed by atoms with E-state index in [4.69, 9.17) is 5.73 Å².